The van der Waals surface area contributed by atoms with E-state index in [1.807, 2.05) is 18.5 Å². The van der Waals surface area contributed by atoms with E-state index in [2.05, 4.69) is 34.3 Å². The number of nitrogens with one attached hydrogen (secondary N) is 1. The number of hydrogen-bond donors (Lipinski definition) is 1. The zero-order valence-electron chi connectivity index (χ0n) is 17.9. The molecule has 0 radical (unpaired) electrons. The molecule has 29 heavy (non-hydrogen) atoms. The van der Waals surface area contributed by atoms with Crippen LogP contribution >= 0.6 is 0 Å². The van der Waals surface area contributed by atoms with E-state index in [9.17, 15) is 0 Å². The van der Waals surface area contributed by atoms with Gasteiger partial charge in [-0.3, -0.25) is 0 Å². The Morgan fingerprint density at radius 3 is 2.41 bits per heavy atom. The van der Waals surface area contributed by atoms with Gasteiger partial charge in [0.2, 0.25) is 0 Å². The van der Waals surface area contributed by atoms with Crippen molar-refractivity contribution >= 4 is 0 Å². The molecule has 2 aliphatic rings. The number of benzene rings is 1. The van der Waals surface area contributed by atoms with Crippen molar-refractivity contribution in [2.75, 3.05) is 14.2 Å². The molecule has 1 heterocycles. The Morgan fingerprint density at radius 1 is 1.00 bits per heavy atom. The van der Waals surface area contributed by atoms with E-state index in [4.69, 9.17) is 9.47 Å². The average molecular weight is 396 g/mol. The summed E-state index contributed by atoms with van der Waals surface area (Å²) in [5, 5.41) is 3.85. The molecule has 2 fully saturated rings. The predicted molar refractivity (Wildman–Crippen MR) is 114 cm³/mol. The fourth-order valence-electron chi connectivity index (χ4n) is 5.32. The summed E-state index contributed by atoms with van der Waals surface area (Å²) in [5.41, 5.74) is 2.52. The van der Waals surface area contributed by atoms with Gasteiger partial charge in [0.25, 0.3) is 0 Å². The molecule has 0 saturated heterocycles. The maximum Gasteiger partial charge on any atom is 0.160 e. The fourth-order valence-corrected chi connectivity index (χ4v) is 5.32. The summed E-state index contributed by atoms with van der Waals surface area (Å²) < 4.78 is 11.0. The van der Waals surface area contributed by atoms with Gasteiger partial charge in [-0.25, -0.2) is 9.97 Å². The second kappa shape index (κ2) is 9.12. The van der Waals surface area contributed by atoms with Gasteiger partial charge in [0.1, 0.15) is 5.82 Å². The molecule has 5 nitrogen and oxygen atoms in total. The SMILES string of the molecule is CCCc1ncc(CN[C@H]2C3CCCCC3[C@@H]2c2ccc(OC)c(OC)c2)cn1. The Labute approximate surface area is 174 Å². The first kappa shape index (κ1) is 20.1. The van der Waals surface area contributed by atoms with E-state index >= 15 is 0 Å². The molecule has 4 rings (SSSR count). The van der Waals surface area contributed by atoms with Gasteiger partial charge < -0.3 is 14.8 Å². The molecule has 4 atom stereocenters. The summed E-state index contributed by atoms with van der Waals surface area (Å²) >= 11 is 0. The Bertz CT molecular complexity index is 808. The smallest absolute Gasteiger partial charge is 0.160 e. The molecule has 0 bridgehead atoms. The van der Waals surface area contributed by atoms with Crippen molar-refractivity contribution in [1.29, 1.82) is 0 Å². The monoisotopic (exact) mass is 395 g/mol. The quantitative estimate of drug-likeness (QED) is 0.713. The van der Waals surface area contributed by atoms with Crippen LogP contribution in [0.15, 0.2) is 30.6 Å². The topological polar surface area (TPSA) is 56.3 Å². The molecular formula is C24H33N3O2. The van der Waals surface area contributed by atoms with E-state index in [0.29, 0.717) is 12.0 Å². The Balaban J connectivity index is 1.49. The van der Waals surface area contributed by atoms with Crippen LogP contribution < -0.4 is 14.8 Å². The van der Waals surface area contributed by atoms with Gasteiger partial charge in [-0.2, -0.15) is 0 Å². The van der Waals surface area contributed by atoms with Crippen molar-refractivity contribution in [1.82, 2.24) is 15.3 Å². The van der Waals surface area contributed by atoms with Gasteiger partial charge in [0.05, 0.1) is 14.2 Å². The van der Waals surface area contributed by atoms with Crippen LogP contribution in [0.2, 0.25) is 0 Å². The number of rotatable bonds is 8. The lowest BCUT2D eigenvalue weighted by molar-refractivity contribution is 0.0252. The molecule has 2 aliphatic carbocycles. The third-order valence-electron chi connectivity index (χ3n) is 6.75. The number of ether oxygens (including phenoxy) is 2. The second-order valence-corrected chi connectivity index (χ2v) is 8.42. The summed E-state index contributed by atoms with van der Waals surface area (Å²) in [6.45, 7) is 2.98. The maximum atomic E-state index is 5.57. The molecule has 0 amide bonds. The number of aryl methyl sites for hydroxylation is 1. The fraction of sp³-hybridized carbons (Fsp3) is 0.583. The highest BCUT2D eigenvalue weighted by molar-refractivity contribution is 5.45. The van der Waals surface area contributed by atoms with E-state index in [1.54, 1.807) is 14.2 Å². The van der Waals surface area contributed by atoms with Crippen LogP contribution in [0.1, 0.15) is 61.9 Å². The predicted octanol–water partition coefficient (Wildman–Crippen LogP) is 4.51. The van der Waals surface area contributed by atoms with Crippen molar-refractivity contribution in [3.05, 3.63) is 47.5 Å². The minimum absolute atomic E-state index is 0.494. The van der Waals surface area contributed by atoms with Crippen LogP contribution in [0.4, 0.5) is 0 Å². The van der Waals surface area contributed by atoms with E-state index in [0.717, 1.165) is 54.1 Å². The number of fused-ring (bicyclic) bond motifs is 1. The van der Waals surface area contributed by atoms with Crippen LogP contribution in [-0.4, -0.2) is 30.2 Å². The molecule has 0 spiro atoms. The zero-order valence-corrected chi connectivity index (χ0v) is 17.9. The van der Waals surface area contributed by atoms with Gasteiger partial charge in [-0.1, -0.05) is 25.8 Å². The first-order valence-corrected chi connectivity index (χ1v) is 11.0. The summed E-state index contributed by atoms with van der Waals surface area (Å²) in [5.74, 6) is 4.62. The molecule has 1 N–H and O–H groups in total. The molecule has 5 heteroatoms. The van der Waals surface area contributed by atoms with Gasteiger partial charge in [-0.05, 0) is 48.8 Å². The number of hydrogen-bond acceptors (Lipinski definition) is 5. The summed E-state index contributed by atoms with van der Waals surface area (Å²) in [4.78, 5) is 9.02. The third kappa shape index (κ3) is 4.11. The van der Waals surface area contributed by atoms with Crippen molar-refractivity contribution < 1.29 is 9.47 Å². The van der Waals surface area contributed by atoms with Crippen molar-refractivity contribution in [3.8, 4) is 11.5 Å². The van der Waals surface area contributed by atoms with Crippen LogP contribution in [0, 0.1) is 11.8 Å². The summed E-state index contributed by atoms with van der Waals surface area (Å²) in [7, 11) is 3.40. The minimum Gasteiger partial charge on any atom is -0.493 e. The largest absolute Gasteiger partial charge is 0.493 e. The third-order valence-corrected chi connectivity index (χ3v) is 6.75. The second-order valence-electron chi connectivity index (χ2n) is 8.42. The molecule has 2 saturated carbocycles. The minimum atomic E-state index is 0.494. The lowest BCUT2D eigenvalue weighted by Crippen LogP contribution is -2.57. The highest BCUT2D eigenvalue weighted by atomic mass is 16.5. The van der Waals surface area contributed by atoms with E-state index < -0.39 is 0 Å². The molecule has 0 aliphatic heterocycles. The maximum absolute atomic E-state index is 5.57. The van der Waals surface area contributed by atoms with Crippen LogP contribution in [0.25, 0.3) is 0 Å². The average Bonchev–Trinajstić information content (AvgIpc) is 2.75. The van der Waals surface area contributed by atoms with Crippen molar-refractivity contribution in [2.24, 2.45) is 11.8 Å². The highest BCUT2D eigenvalue weighted by Gasteiger charge is 2.51. The first-order chi connectivity index (χ1) is 14.2. The molecule has 1 aromatic carbocycles. The summed E-state index contributed by atoms with van der Waals surface area (Å²) in [6.07, 6.45) is 11.4. The molecule has 2 unspecified atom stereocenters. The van der Waals surface area contributed by atoms with E-state index in [1.165, 1.54) is 31.2 Å². The van der Waals surface area contributed by atoms with E-state index in [-0.39, 0.29) is 0 Å². The van der Waals surface area contributed by atoms with Gasteiger partial charge in [0.15, 0.2) is 11.5 Å². The van der Waals surface area contributed by atoms with Crippen molar-refractivity contribution in [2.45, 2.75) is 64.0 Å². The lowest BCUT2D eigenvalue weighted by atomic mass is 9.53. The molecular weight excluding hydrogens is 362 g/mol. The number of nitrogens with zero attached hydrogens (tertiary/aromatic N) is 2. The normalized spacial score (nSPS) is 25.8. The molecule has 156 valence electrons. The van der Waals surface area contributed by atoms with Gasteiger partial charge in [-0.15, -0.1) is 0 Å². The standard InChI is InChI=1S/C24H33N3O2/c1-4-7-22-25-13-16(14-26-22)15-27-24-19-9-6-5-8-18(19)23(24)17-10-11-20(28-2)21(12-17)29-3/h10-14,18-19,23-24,27H,4-9,15H2,1-3H3/t18?,19?,23-,24-/m0/s1. The van der Waals surface area contributed by atoms with Gasteiger partial charge >= 0.3 is 0 Å². The van der Waals surface area contributed by atoms with Crippen molar-refractivity contribution in [3.63, 3.8) is 0 Å². The Hall–Kier alpha value is -2.14. The van der Waals surface area contributed by atoms with Crippen LogP contribution in [0.3, 0.4) is 0 Å². The molecule has 1 aromatic heterocycles. The Morgan fingerprint density at radius 2 is 1.72 bits per heavy atom. The van der Waals surface area contributed by atoms with Crippen LogP contribution in [0.5, 0.6) is 11.5 Å². The highest BCUT2D eigenvalue weighted by Crippen LogP contribution is 2.55. The molecule has 2 aromatic rings. The summed E-state index contributed by atoms with van der Waals surface area (Å²) in [6, 6.07) is 6.93. The number of methoxy groups -OCH3 is 2. The number of aromatic nitrogens is 2. The first-order valence-electron chi connectivity index (χ1n) is 11.0. The van der Waals surface area contributed by atoms with Gasteiger partial charge in [0, 0.05) is 42.9 Å². The lowest BCUT2D eigenvalue weighted by Gasteiger charge is -2.55. The zero-order chi connectivity index (χ0) is 20.2. The Kier molecular flexibility index (Phi) is 6.34. The van der Waals surface area contributed by atoms with Crippen LogP contribution in [-0.2, 0) is 13.0 Å².